The van der Waals surface area contributed by atoms with Gasteiger partial charge in [-0.2, -0.15) is 10.2 Å². The topological polar surface area (TPSA) is 121 Å². The largest absolute Gasteiger partial charge is 2.00 e. The van der Waals surface area contributed by atoms with E-state index in [-0.39, 0.29) is 33.4 Å². The van der Waals surface area contributed by atoms with Gasteiger partial charge in [0.05, 0.1) is 23.5 Å². The summed E-state index contributed by atoms with van der Waals surface area (Å²) in [5.74, 6) is -0.258. The van der Waals surface area contributed by atoms with Crippen LogP contribution in [0.1, 0.15) is 11.1 Å². The quantitative estimate of drug-likeness (QED) is 0.108. The Balaban J connectivity index is 0.000000222. The van der Waals surface area contributed by atoms with E-state index in [0.29, 0.717) is 11.1 Å². The second-order valence-corrected chi connectivity index (χ2v) is 10.2. The van der Waals surface area contributed by atoms with Gasteiger partial charge < -0.3 is 10.2 Å². The van der Waals surface area contributed by atoms with Crippen LogP contribution in [0, 0.1) is 0 Å². The number of pyridine rings is 2. The third kappa shape index (κ3) is 7.39. The van der Waals surface area contributed by atoms with Crippen molar-refractivity contribution >= 4 is 73.1 Å². The van der Waals surface area contributed by atoms with E-state index in [1.165, 1.54) is 12.4 Å². The molecule has 221 valence electrons. The maximum atomic E-state index is 12.1. The number of hydrazone groups is 2. The van der Waals surface area contributed by atoms with E-state index in [9.17, 15) is 10.2 Å². The SMILES string of the molecule is [Co+2].[O-]c1cc2ccccc2cc1/C=N/NC(=S)N/N=C/c1cc2ccccc2cc1[O-].c1cnc2c(c1)ccc1cccnc12. The molecular formula is C35H24CoN6O2S. The Morgan fingerprint density at radius 1 is 0.556 bits per heavy atom. The minimum Gasteiger partial charge on any atom is -0.872 e. The van der Waals surface area contributed by atoms with E-state index >= 15 is 0 Å². The zero-order valence-electron chi connectivity index (χ0n) is 23.5. The molecule has 0 saturated heterocycles. The number of hydrogen-bond acceptors (Lipinski definition) is 7. The van der Waals surface area contributed by atoms with E-state index in [4.69, 9.17) is 12.2 Å². The molecule has 7 aromatic rings. The molecule has 0 saturated carbocycles. The van der Waals surface area contributed by atoms with Gasteiger partial charge in [-0.05, 0) is 69.2 Å². The number of rotatable bonds is 4. The van der Waals surface area contributed by atoms with Crippen molar-refractivity contribution in [3.63, 3.8) is 0 Å². The van der Waals surface area contributed by atoms with Crippen LogP contribution < -0.4 is 21.1 Å². The number of thiocarbonyl (C=S) groups is 1. The van der Waals surface area contributed by atoms with Gasteiger partial charge in [-0.15, -0.1) is 0 Å². The maximum absolute atomic E-state index is 12.1. The number of hydrogen-bond donors (Lipinski definition) is 2. The molecule has 0 unspecified atom stereocenters. The molecular weight excluding hydrogens is 627 g/mol. The van der Waals surface area contributed by atoms with Crippen LogP contribution in [0.5, 0.6) is 11.5 Å². The summed E-state index contributed by atoms with van der Waals surface area (Å²) in [5.41, 5.74) is 8.03. The van der Waals surface area contributed by atoms with Crippen LogP contribution in [0.2, 0.25) is 0 Å². The fourth-order valence-corrected chi connectivity index (χ4v) is 4.81. The molecule has 0 spiro atoms. The Morgan fingerprint density at radius 3 is 1.36 bits per heavy atom. The molecule has 7 rings (SSSR count). The number of benzene rings is 5. The smallest absolute Gasteiger partial charge is 0.872 e. The van der Waals surface area contributed by atoms with E-state index in [1.807, 2.05) is 60.7 Å². The van der Waals surface area contributed by atoms with Crippen LogP contribution in [-0.2, 0) is 16.8 Å². The third-order valence-electron chi connectivity index (χ3n) is 6.84. The van der Waals surface area contributed by atoms with Crippen molar-refractivity contribution in [2.24, 2.45) is 10.2 Å². The van der Waals surface area contributed by atoms with Gasteiger partial charge in [0, 0.05) is 23.2 Å². The van der Waals surface area contributed by atoms with Crippen LogP contribution in [0.25, 0.3) is 43.4 Å². The molecule has 0 aliphatic carbocycles. The molecule has 10 heteroatoms. The Kier molecular flexibility index (Phi) is 9.90. The van der Waals surface area contributed by atoms with Crippen molar-refractivity contribution in [1.82, 2.24) is 20.8 Å². The Labute approximate surface area is 274 Å². The van der Waals surface area contributed by atoms with E-state index < -0.39 is 0 Å². The Morgan fingerprint density at radius 2 is 0.933 bits per heavy atom. The summed E-state index contributed by atoms with van der Waals surface area (Å²) in [6.07, 6.45) is 6.42. The van der Waals surface area contributed by atoms with Crippen LogP contribution in [0.3, 0.4) is 0 Å². The van der Waals surface area contributed by atoms with E-state index in [2.05, 4.69) is 55.3 Å². The second kappa shape index (κ2) is 14.4. The number of nitrogens with one attached hydrogen (secondary N) is 2. The van der Waals surface area contributed by atoms with Crippen LogP contribution >= 0.6 is 12.2 Å². The normalized spacial score (nSPS) is 11.0. The fraction of sp³-hybridized carbons (Fsp3) is 0. The van der Waals surface area contributed by atoms with Gasteiger partial charge in [-0.25, -0.2) is 0 Å². The Hall–Kier alpha value is -5.42. The number of aromatic nitrogens is 2. The van der Waals surface area contributed by atoms with Gasteiger partial charge in [0.2, 0.25) is 5.11 Å². The summed E-state index contributed by atoms with van der Waals surface area (Å²) in [6.45, 7) is 0. The zero-order chi connectivity index (χ0) is 30.3. The molecule has 2 aromatic heterocycles. The van der Waals surface area contributed by atoms with Crippen molar-refractivity contribution in [3.05, 3.63) is 133 Å². The van der Waals surface area contributed by atoms with Crippen LogP contribution in [-0.4, -0.2) is 27.5 Å². The Bertz CT molecular complexity index is 2050. The van der Waals surface area contributed by atoms with Crippen molar-refractivity contribution in [3.8, 4) is 11.5 Å². The summed E-state index contributed by atoms with van der Waals surface area (Å²) < 4.78 is 0. The van der Waals surface area contributed by atoms with Gasteiger partial charge >= 0.3 is 16.8 Å². The predicted molar refractivity (Wildman–Crippen MR) is 178 cm³/mol. The first-order valence-corrected chi connectivity index (χ1v) is 14.1. The molecule has 0 aliphatic heterocycles. The minimum atomic E-state index is -0.129. The fourth-order valence-electron chi connectivity index (χ4n) is 4.70. The summed E-state index contributed by atoms with van der Waals surface area (Å²) in [4.78, 5) is 8.69. The molecule has 0 amide bonds. The van der Waals surface area contributed by atoms with Gasteiger partial charge in [0.1, 0.15) is 0 Å². The average Bonchev–Trinajstić information content (AvgIpc) is 3.05. The van der Waals surface area contributed by atoms with Crippen molar-refractivity contribution < 1.29 is 27.0 Å². The van der Waals surface area contributed by atoms with E-state index in [0.717, 1.165) is 43.4 Å². The van der Waals surface area contributed by atoms with E-state index in [1.54, 1.807) is 36.7 Å². The first-order valence-electron chi connectivity index (χ1n) is 13.7. The maximum Gasteiger partial charge on any atom is 2.00 e. The molecule has 0 fully saturated rings. The van der Waals surface area contributed by atoms with Crippen LogP contribution in [0.15, 0.2) is 132 Å². The monoisotopic (exact) mass is 651 g/mol. The van der Waals surface area contributed by atoms with Gasteiger partial charge in [0.25, 0.3) is 0 Å². The first-order chi connectivity index (χ1) is 21.5. The summed E-state index contributed by atoms with van der Waals surface area (Å²) in [5, 5.41) is 38.3. The van der Waals surface area contributed by atoms with Gasteiger partial charge in [0.15, 0.2) is 0 Å². The first kappa shape index (κ1) is 31.0. The minimum absolute atomic E-state index is 0. The van der Waals surface area contributed by atoms with Crippen LogP contribution in [0.4, 0.5) is 0 Å². The summed E-state index contributed by atoms with van der Waals surface area (Å²) in [6, 6.07) is 34.0. The molecule has 0 bridgehead atoms. The zero-order valence-corrected chi connectivity index (χ0v) is 25.4. The molecule has 8 nitrogen and oxygen atoms in total. The molecule has 2 N–H and O–H groups in total. The number of fused-ring (bicyclic) bond motifs is 5. The molecule has 0 aliphatic rings. The molecule has 5 aromatic carbocycles. The summed E-state index contributed by atoms with van der Waals surface area (Å²) in [7, 11) is 0. The second-order valence-electron chi connectivity index (χ2n) is 9.76. The predicted octanol–water partition coefficient (Wildman–Crippen LogP) is 5.75. The molecule has 45 heavy (non-hydrogen) atoms. The van der Waals surface area contributed by atoms with Gasteiger partial charge in [-0.1, -0.05) is 96.4 Å². The van der Waals surface area contributed by atoms with Crippen molar-refractivity contribution in [2.45, 2.75) is 0 Å². The number of nitrogens with zero attached hydrogens (tertiary/aromatic N) is 4. The average molecular weight is 652 g/mol. The standard InChI is InChI=1S/C23H18N4O2S.C12H8N2.Co/c28-21-11-17-7-3-1-5-15(17)9-19(21)13-24-26-23(30)27-25-14-20-10-16-6-2-4-8-18(16)12-22(20)29;1-3-9-5-6-10-4-2-8-14-12(10)11(9)13-7-1;/h1-14,28-29H,(H2,26,27,30);1-8H;/q;;+2/p-2/b24-13+,25-14+;;. The molecule has 1 radical (unpaired) electrons. The molecule has 2 heterocycles. The molecule has 0 atom stereocenters. The summed E-state index contributed by atoms with van der Waals surface area (Å²) >= 11 is 5.10. The van der Waals surface area contributed by atoms with Crippen molar-refractivity contribution in [1.29, 1.82) is 0 Å². The van der Waals surface area contributed by atoms with Crippen molar-refractivity contribution in [2.75, 3.05) is 0 Å². The van der Waals surface area contributed by atoms with Gasteiger partial charge in [-0.3, -0.25) is 20.8 Å². The third-order valence-corrected chi connectivity index (χ3v) is 7.02.